The summed E-state index contributed by atoms with van der Waals surface area (Å²) in [6.07, 6.45) is -1.45. The minimum atomic E-state index is -1.40. The van der Waals surface area contributed by atoms with Crippen molar-refractivity contribution < 1.29 is 19.8 Å². The van der Waals surface area contributed by atoms with Crippen molar-refractivity contribution in [3.8, 4) is 0 Å². The highest BCUT2D eigenvalue weighted by molar-refractivity contribution is 5.90. The molecule has 2 rings (SSSR count). The quantitative estimate of drug-likeness (QED) is 0.584. The molecular formula is C14H15N3O5. The maximum absolute atomic E-state index is 11.9. The molecule has 2 atom stereocenters. The van der Waals surface area contributed by atoms with E-state index < -0.39 is 24.0 Å². The second-order valence-corrected chi connectivity index (χ2v) is 4.85. The fraction of sp³-hybridized carbons (Fsp3) is 0.286. The van der Waals surface area contributed by atoms with Crippen molar-refractivity contribution in [2.75, 3.05) is 0 Å². The molecule has 1 amide bonds. The Kier molecular flexibility index (Phi) is 4.52. The number of carboxylic acids is 1. The van der Waals surface area contributed by atoms with Crippen LogP contribution in [-0.4, -0.2) is 44.4 Å². The van der Waals surface area contributed by atoms with Crippen molar-refractivity contribution >= 4 is 22.6 Å². The molecule has 8 nitrogen and oxygen atoms in total. The maximum Gasteiger partial charge on any atom is 0.328 e. The van der Waals surface area contributed by atoms with E-state index >= 15 is 0 Å². The lowest BCUT2D eigenvalue weighted by Gasteiger charge is -2.17. The number of nitrogens with one attached hydrogen (secondary N) is 2. The first-order valence-electron chi connectivity index (χ1n) is 6.56. The van der Waals surface area contributed by atoms with Gasteiger partial charge in [0.25, 0.3) is 5.56 Å². The SMILES string of the molecule is CC(O)[C@@H](NC(=O)Cc1n[nH]c(=O)c2ccccc12)C(=O)O. The molecule has 1 unspecified atom stereocenters. The molecule has 1 aromatic heterocycles. The number of rotatable bonds is 5. The number of benzene rings is 1. The smallest absolute Gasteiger partial charge is 0.328 e. The Morgan fingerprint density at radius 2 is 1.95 bits per heavy atom. The average molecular weight is 305 g/mol. The van der Waals surface area contributed by atoms with Gasteiger partial charge < -0.3 is 15.5 Å². The molecule has 1 heterocycles. The number of carbonyl (C=O) groups is 2. The maximum atomic E-state index is 11.9. The number of hydrogen-bond donors (Lipinski definition) is 4. The Morgan fingerprint density at radius 1 is 1.32 bits per heavy atom. The number of aliphatic hydroxyl groups is 1. The molecular weight excluding hydrogens is 290 g/mol. The minimum absolute atomic E-state index is 0.214. The predicted octanol–water partition coefficient (Wildman–Crippen LogP) is -0.584. The van der Waals surface area contributed by atoms with Gasteiger partial charge in [0, 0.05) is 5.39 Å². The van der Waals surface area contributed by atoms with Gasteiger partial charge in [-0.3, -0.25) is 9.59 Å². The van der Waals surface area contributed by atoms with Crippen LogP contribution < -0.4 is 10.9 Å². The fourth-order valence-electron chi connectivity index (χ4n) is 2.07. The number of fused-ring (bicyclic) bond motifs is 1. The number of aromatic amines is 1. The summed E-state index contributed by atoms with van der Waals surface area (Å²) in [4.78, 5) is 34.5. The first kappa shape index (κ1) is 15.6. The Morgan fingerprint density at radius 3 is 2.55 bits per heavy atom. The zero-order valence-electron chi connectivity index (χ0n) is 11.7. The van der Waals surface area contributed by atoms with Crippen molar-refractivity contribution in [1.82, 2.24) is 15.5 Å². The standard InChI is InChI=1S/C14H15N3O5/c1-7(18)12(14(21)22)15-11(19)6-10-8-4-2-3-5-9(8)13(20)17-16-10/h2-5,7,12,18H,6H2,1H3,(H,15,19)(H,17,20)(H,21,22)/t7?,12-/m1/s1. The van der Waals surface area contributed by atoms with Crippen LogP contribution in [0.4, 0.5) is 0 Å². The van der Waals surface area contributed by atoms with Gasteiger partial charge in [-0.05, 0) is 13.0 Å². The van der Waals surface area contributed by atoms with Crippen LogP contribution >= 0.6 is 0 Å². The third-order valence-corrected chi connectivity index (χ3v) is 3.17. The molecule has 0 saturated heterocycles. The normalized spacial score (nSPS) is 13.5. The Balaban J connectivity index is 2.24. The van der Waals surface area contributed by atoms with Crippen molar-refractivity contribution in [3.63, 3.8) is 0 Å². The summed E-state index contributed by atoms with van der Waals surface area (Å²) in [6.45, 7) is 1.27. The van der Waals surface area contributed by atoms with E-state index in [9.17, 15) is 19.5 Å². The number of nitrogens with zero attached hydrogens (tertiary/aromatic N) is 1. The van der Waals surface area contributed by atoms with Crippen LogP contribution in [0.3, 0.4) is 0 Å². The highest BCUT2D eigenvalue weighted by atomic mass is 16.4. The van der Waals surface area contributed by atoms with Gasteiger partial charge in [-0.1, -0.05) is 18.2 Å². The van der Waals surface area contributed by atoms with Gasteiger partial charge in [0.05, 0.1) is 23.6 Å². The zero-order valence-corrected chi connectivity index (χ0v) is 11.7. The van der Waals surface area contributed by atoms with Gasteiger partial charge >= 0.3 is 5.97 Å². The third-order valence-electron chi connectivity index (χ3n) is 3.17. The molecule has 0 aliphatic rings. The van der Waals surface area contributed by atoms with Gasteiger partial charge in [0.1, 0.15) is 0 Å². The van der Waals surface area contributed by atoms with Crippen molar-refractivity contribution in [3.05, 3.63) is 40.3 Å². The number of aromatic nitrogens is 2. The van der Waals surface area contributed by atoms with Crippen molar-refractivity contribution in [2.24, 2.45) is 0 Å². The summed E-state index contributed by atoms with van der Waals surface area (Å²) in [5, 5.41) is 27.5. The summed E-state index contributed by atoms with van der Waals surface area (Å²) >= 11 is 0. The van der Waals surface area contributed by atoms with Crippen molar-refractivity contribution in [1.29, 1.82) is 0 Å². The third kappa shape index (κ3) is 3.29. The van der Waals surface area contributed by atoms with E-state index in [4.69, 9.17) is 5.11 Å². The second kappa shape index (κ2) is 6.35. The molecule has 0 spiro atoms. The van der Waals surface area contributed by atoms with Crippen LogP contribution in [0.15, 0.2) is 29.1 Å². The average Bonchev–Trinajstić information content (AvgIpc) is 2.47. The number of amides is 1. The van der Waals surface area contributed by atoms with Crippen LogP contribution in [0.2, 0.25) is 0 Å². The van der Waals surface area contributed by atoms with Gasteiger partial charge in [0.15, 0.2) is 6.04 Å². The van der Waals surface area contributed by atoms with E-state index in [1.54, 1.807) is 24.3 Å². The molecule has 0 bridgehead atoms. The van der Waals surface area contributed by atoms with Crippen LogP contribution in [0.5, 0.6) is 0 Å². The van der Waals surface area contributed by atoms with Gasteiger partial charge in [-0.25, -0.2) is 9.89 Å². The molecule has 0 aliphatic heterocycles. The molecule has 0 fully saturated rings. The Labute approximate surface area is 124 Å². The minimum Gasteiger partial charge on any atom is -0.480 e. The van der Waals surface area contributed by atoms with Crippen LogP contribution in [0, 0.1) is 0 Å². The van der Waals surface area contributed by atoms with Gasteiger partial charge in [-0.2, -0.15) is 5.10 Å². The summed E-state index contributed by atoms with van der Waals surface area (Å²) in [5.41, 5.74) is -0.0467. The predicted molar refractivity (Wildman–Crippen MR) is 77.3 cm³/mol. The van der Waals surface area contributed by atoms with Crippen molar-refractivity contribution in [2.45, 2.75) is 25.5 Å². The zero-order chi connectivity index (χ0) is 16.3. The molecule has 22 heavy (non-hydrogen) atoms. The van der Waals surface area contributed by atoms with E-state index in [-0.39, 0.29) is 12.0 Å². The summed E-state index contributed by atoms with van der Waals surface area (Å²) in [5.74, 6) is -1.94. The first-order valence-corrected chi connectivity index (χ1v) is 6.56. The van der Waals surface area contributed by atoms with Crippen LogP contribution in [-0.2, 0) is 16.0 Å². The molecule has 2 aromatic rings. The van der Waals surface area contributed by atoms with E-state index in [0.29, 0.717) is 16.5 Å². The number of hydrogen-bond acceptors (Lipinski definition) is 5. The first-order chi connectivity index (χ1) is 10.4. The lowest BCUT2D eigenvalue weighted by atomic mass is 10.1. The number of H-pyrrole nitrogens is 1. The van der Waals surface area contributed by atoms with Crippen LogP contribution in [0.1, 0.15) is 12.6 Å². The number of aliphatic carboxylic acids is 1. The number of aliphatic hydroxyl groups excluding tert-OH is 1. The highest BCUT2D eigenvalue weighted by Gasteiger charge is 2.25. The molecule has 0 radical (unpaired) electrons. The summed E-state index contributed by atoms with van der Waals surface area (Å²) in [6, 6.07) is 5.26. The Bertz CT molecular complexity index is 768. The van der Waals surface area contributed by atoms with E-state index in [1.165, 1.54) is 6.92 Å². The molecule has 4 N–H and O–H groups in total. The summed E-state index contributed by atoms with van der Waals surface area (Å²) < 4.78 is 0. The van der Waals surface area contributed by atoms with E-state index in [0.717, 1.165) is 0 Å². The highest BCUT2D eigenvalue weighted by Crippen LogP contribution is 2.12. The van der Waals surface area contributed by atoms with E-state index in [2.05, 4.69) is 15.5 Å². The van der Waals surface area contributed by atoms with Crippen LogP contribution in [0.25, 0.3) is 10.8 Å². The Hall–Kier alpha value is -2.74. The van der Waals surface area contributed by atoms with Gasteiger partial charge in [-0.15, -0.1) is 0 Å². The molecule has 1 aromatic carbocycles. The van der Waals surface area contributed by atoms with E-state index in [1.807, 2.05) is 0 Å². The molecule has 0 saturated carbocycles. The molecule has 116 valence electrons. The summed E-state index contributed by atoms with van der Waals surface area (Å²) in [7, 11) is 0. The number of carboxylic acid groups (broad SMARTS) is 1. The largest absolute Gasteiger partial charge is 0.480 e. The lowest BCUT2D eigenvalue weighted by Crippen LogP contribution is -2.48. The number of carbonyl (C=O) groups excluding carboxylic acids is 1. The second-order valence-electron chi connectivity index (χ2n) is 4.85. The fourth-order valence-corrected chi connectivity index (χ4v) is 2.07. The lowest BCUT2D eigenvalue weighted by molar-refractivity contribution is -0.144. The molecule has 0 aliphatic carbocycles. The monoisotopic (exact) mass is 305 g/mol. The topological polar surface area (TPSA) is 132 Å². The van der Waals surface area contributed by atoms with Gasteiger partial charge in [0.2, 0.25) is 5.91 Å². The molecule has 8 heteroatoms.